The number of nitrogens with two attached hydrogens (primary N) is 1. The first-order valence-corrected chi connectivity index (χ1v) is 6.35. The van der Waals surface area contributed by atoms with Crippen LogP contribution in [0, 0.1) is 0 Å². The molecule has 0 saturated carbocycles. The Hall–Kier alpha value is -1.55. The minimum Gasteiger partial charge on any atom is -0.370 e. The van der Waals surface area contributed by atoms with Gasteiger partial charge in [-0.25, -0.2) is 0 Å². The number of nitrogens with zero attached hydrogens (tertiary/aromatic N) is 2. The summed E-state index contributed by atoms with van der Waals surface area (Å²) in [6.45, 7) is 3.77. The Morgan fingerprint density at radius 2 is 1.95 bits per heavy atom. The van der Waals surface area contributed by atoms with E-state index in [1.54, 1.807) is 0 Å². The highest BCUT2D eigenvalue weighted by atomic mass is 79.9. The molecular weight excluding hydrogens is 302 g/mol. The van der Waals surface area contributed by atoms with E-state index < -0.39 is 0 Å². The fourth-order valence-electron chi connectivity index (χ4n) is 2.72. The molecule has 100 valence electrons. The summed E-state index contributed by atoms with van der Waals surface area (Å²) in [6.07, 6.45) is 0. The lowest BCUT2D eigenvalue weighted by atomic mass is 9.98. The Kier molecular flexibility index (Phi) is 4.10. The van der Waals surface area contributed by atoms with E-state index in [2.05, 4.69) is 59.3 Å². The second-order valence-electron chi connectivity index (χ2n) is 4.57. The standard InChI is InChI=1S/C15H17N3.BrH/c1-2-18-14(10-17-15(18)16)13-9-5-7-11-6-3-4-8-12(11)13;/h3-9,14H,2,10H2,1H3,(H2,16,17);1H. The lowest BCUT2D eigenvalue weighted by Crippen LogP contribution is -2.35. The van der Waals surface area contributed by atoms with Crippen LogP contribution in [-0.2, 0) is 0 Å². The van der Waals surface area contributed by atoms with E-state index in [4.69, 9.17) is 5.73 Å². The number of halogens is 1. The van der Waals surface area contributed by atoms with Gasteiger partial charge in [-0.2, -0.15) is 0 Å². The first-order valence-electron chi connectivity index (χ1n) is 6.35. The van der Waals surface area contributed by atoms with Gasteiger partial charge in [0.05, 0.1) is 12.6 Å². The molecule has 0 aliphatic carbocycles. The van der Waals surface area contributed by atoms with E-state index in [9.17, 15) is 0 Å². The number of benzene rings is 2. The van der Waals surface area contributed by atoms with Gasteiger partial charge in [0, 0.05) is 6.54 Å². The fourth-order valence-corrected chi connectivity index (χ4v) is 2.72. The summed E-state index contributed by atoms with van der Waals surface area (Å²) in [7, 11) is 0. The molecule has 1 heterocycles. The molecule has 0 bridgehead atoms. The zero-order valence-corrected chi connectivity index (χ0v) is 12.6. The highest BCUT2D eigenvalue weighted by Crippen LogP contribution is 2.30. The SMILES string of the molecule is Br.CCN1C(N)=NCC1c1cccc2ccccc12. The molecule has 1 unspecified atom stereocenters. The van der Waals surface area contributed by atoms with Crippen molar-refractivity contribution in [2.75, 3.05) is 13.1 Å². The van der Waals surface area contributed by atoms with Gasteiger partial charge < -0.3 is 10.6 Å². The van der Waals surface area contributed by atoms with Gasteiger partial charge in [-0.1, -0.05) is 42.5 Å². The van der Waals surface area contributed by atoms with E-state index in [-0.39, 0.29) is 23.0 Å². The average Bonchev–Trinajstić information content (AvgIpc) is 2.79. The number of aliphatic imine (C=N–C) groups is 1. The number of fused-ring (bicyclic) bond motifs is 1. The van der Waals surface area contributed by atoms with Crippen LogP contribution in [0.25, 0.3) is 10.8 Å². The van der Waals surface area contributed by atoms with Crippen LogP contribution in [-0.4, -0.2) is 23.9 Å². The maximum absolute atomic E-state index is 5.94. The third kappa shape index (κ3) is 2.32. The van der Waals surface area contributed by atoms with Crippen molar-refractivity contribution in [1.29, 1.82) is 0 Å². The summed E-state index contributed by atoms with van der Waals surface area (Å²) < 4.78 is 0. The minimum absolute atomic E-state index is 0. The second-order valence-corrected chi connectivity index (χ2v) is 4.57. The molecule has 0 aromatic heterocycles. The molecule has 3 nitrogen and oxygen atoms in total. The predicted octanol–water partition coefficient (Wildman–Crippen LogP) is 3.11. The van der Waals surface area contributed by atoms with Gasteiger partial charge in [-0.3, -0.25) is 4.99 Å². The molecule has 19 heavy (non-hydrogen) atoms. The van der Waals surface area contributed by atoms with Crippen molar-refractivity contribution in [3.05, 3.63) is 48.0 Å². The van der Waals surface area contributed by atoms with Crippen molar-refractivity contribution >= 4 is 33.7 Å². The maximum Gasteiger partial charge on any atom is 0.191 e. The van der Waals surface area contributed by atoms with Crippen LogP contribution in [0.5, 0.6) is 0 Å². The molecule has 1 atom stereocenters. The second kappa shape index (κ2) is 5.61. The summed E-state index contributed by atoms with van der Waals surface area (Å²) in [5, 5.41) is 2.57. The Bertz CT molecular complexity index is 604. The third-order valence-corrected chi connectivity index (χ3v) is 3.62. The highest BCUT2D eigenvalue weighted by Gasteiger charge is 2.26. The molecule has 3 rings (SSSR count). The summed E-state index contributed by atoms with van der Waals surface area (Å²) in [6, 6.07) is 15.2. The van der Waals surface area contributed by atoms with Crippen molar-refractivity contribution in [2.45, 2.75) is 13.0 Å². The Morgan fingerprint density at radius 3 is 2.74 bits per heavy atom. The summed E-state index contributed by atoms with van der Waals surface area (Å²) in [4.78, 5) is 6.54. The van der Waals surface area contributed by atoms with E-state index in [0.29, 0.717) is 5.96 Å². The molecule has 4 heteroatoms. The largest absolute Gasteiger partial charge is 0.370 e. The van der Waals surface area contributed by atoms with E-state index in [0.717, 1.165) is 13.1 Å². The zero-order chi connectivity index (χ0) is 12.5. The minimum atomic E-state index is 0. The topological polar surface area (TPSA) is 41.6 Å². The Morgan fingerprint density at radius 1 is 1.21 bits per heavy atom. The van der Waals surface area contributed by atoms with Crippen molar-refractivity contribution in [3.8, 4) is 0 Å². The maximum atomic E-state index is 5.94. The van der Waals surface area contributed by atoms with Crippen LogP contribution in [0.15, 0.2) is 47.5 Å². The molecule has 0 fully saturated rings. The van der Waals surface area contributed by atoms with Crippen LogP contribution < -0.4 is 5.73 Å². The molecule has 0 saturated heterocycles. The molecule has 0 amide bonds. The quantitative estimate of drug-likeness (QED) is 0.924. The number of hydrogen-bond acceptors (Lipinski definition) is 3. The van der Waals surface area contributed by atoms with Crippen LogP contribution in [0.4, 0.5) is 0 Å². The van der Waals surface area contributed by atoms with Gasteiger partial charge in [0.25, 0.3) is 0 Å². The predicted molar refractivity (Wildman–Crippen MR) is 85.9 cm³/mol. The van der Waals surface area contributed by atoms with E-state index in [1.807, 2.05) is 0 Å². The molecule has 2 aromatic carbocycles. The number of rotatable bonds is 2. The summed E-state index contributed by atoms with van der Waals surface area (Å²) in [5.41, 5.74) is 7.26. The summed E-state index contributed by atoms with van der Waals surface area (Å²) in [5.74, 6) is 0.662. The van der Waals surface area contributed by atoms with E-state index in [1.165, 1.54) is 16.3 Å². The molecule has 1 aliphatic heterocycles. The van der Waals surface area contributed by atoms with Gasteiger partial charge in [-0.05, 0) is 23.3 Å². The first-order chi connectivity index (χ1) is 8.81. The van der Waals surface area contributed by atoms with Gasteiger partial charge in [0.2, 0.25) is 0 Å². The van der Waals surface area contributed by atoms with Crippen molar-refractivity contribution in [1.82, 2.24) is 4.90 Å². The van der Waals surface area contributed by atoms with Crippen LogP contribution >= 0.6 is 17.0 Å². The molecule has 2 N–H and O–H groups in total. The smallest absolute Gasteiger partial charge is 0.191 e. The van der Waals surface area contributed by atoms with Gasteiger partial charge in [0.15, 0.2) is 5.96 Å². The van der Waals surface area contributed by atoms with Crippen molar-refractivity contribution < 1.29 is 0 Å². The lowest BCUT2D eigenvalue weighted by Gasteiger charge is -2.26. The number of hydrogen-bond donors (Lipinski definition) is 1. The third-order valence-electron chi connectivity index (χ3n) is 3.62. The Labute approximate surface area is 123 Å². The molecule has 1 aliphatic rings. The van der Waals surface area contributed by atoms with E-state index >= 15 is 0 Å². The molecule has 0 spiro atoms. The molecular formula is C15H18BrN3. The highest BCUT2D eigenvalue weighted by molar-refractivity contribution is 8.93. The first kappa shape index (κ1) is 13.9. The fraction of sp³-hybridized carbons (Fsp3) is 0.267. The van der Waals surface area contributed by atoms with Crippen LogP contribution in [0.3, 0.4) is 0 Å². The number of guanidine groups is 1. The monoisotopic (exact) mass is 319 g/mol. The van der Waals surface area contributed by atoms with Gasteiger partial charge >= 0.3 is 0 Å². The normalized spacial score (nSPS) is 18.3. The number of likely N-dealkylation sites (N-methyl/N-ethyl adjacent to an activating group) is 1. The molecule has 0 radical (unpaired) electrons. The van der Waals surface area contributed by atoms with Crippen LogP contribution in [0.1, 0.15) is 18.5 Å². The average molecular weight is 320 g/mol. The Balaban J connectivity index is 0.00000133. The lowest BCUT2D eigenvalue weighted by molar-refractivity contribution is 0.366. The van der Waals surface area contributed by atoms with Crippen LogP contribution in [0.2, 0.25) is 0 Å². The van der Waals surface area contributed by atoms with Crippen molar-refractivity contribution in [2.24, 2.45) is 10.7 Å². The van der Waals surface area contributed by atoms with Crippen molar-refractivity contribution in [3.63, 3.8) is 0 Å². The van der Waals surface area contributed by atoms with Gasteiger partial charge in [0.1, 0.15) is 0 Å². The zero-order valence-electron chi connectivity index (χ0n) is 10.9. The van der Waals surface area contributed by atoms with Gasteiger partial charge in [-0.15, -0.1) is 17.0 Å². The molecule has 2 aromatic rings. The summed E-state index contributed by atoms with van der Waals surface area (Å²) >= 11 is 0.